The first-order valence-corrected chi connectivity index (χ1v) is 10.9. The van der Waals surface area contributed by atoms with Gasteiger partial charge in [-0.05, 0) is 43.7 Å². The van der Waals surface area contributed by atoms with Crippen molar-refractivity contribution in [3.05, 3.63) is 16.3 Å². The summed E-state index contributed by atoms with van der Waals surface area (Å²) >= 11 is 2.45. The predicted molar refractivity (Wildman–Crippen MR) is 94.0 cm³/mol. The maximum atomic E-state index is 12.6. The summed E-state index contributed by atoms with van der Waals surface area (Å²) < 4.78 is 37.2. The molecule has 0 fully saturated rings. The van der Waals surface area contributed by atoms with Crippen LogP contribution in [-0.4, -0.2) is 51.6 Å². The molecule has 1 rings (SSSR count). The molecule has 10 heteroatoms. The van der Waals surface area contributed by atoms with Crippen molar-refractivity contribution in [1.82, 2.24) is 4.72 Å². The highest BCUT2D eigenvalue weighted by Gasteiger charge is 2.31. The molecule has 0 saturated heterocycles. The van der Waals surface area contributed by atoms with Gasteiger partial charge in [0.25, 0.3) is 0 Å². The first-order chi connectivity index (χ1) is 11.2. The third-order valence-electron chi connectivity index (χ3n) is 2.83. The molecule has 0 saturated carbocycles. The highest BCUT2D eigenvalue weighted by atomic mass is 32.2. The minimum atomic E-state index is -4.06. The van der Waals surface area contributed by atoms with E-state index in [-0.39, 0.29) is 22.3 Å². The van der Waals surface area contributed by atoms with Gasteiger partial charge in [-0.15, -0.1) is 11.3 Å². The quantitative estimate of drug-likeness (QED) is 0.637. The SMILES string of the molecule is COC(=O)c1sccc1S(=O)(=O)NC(CCSC)C(=O)OC(C)C. The number of thioether (sulfide) groups is 1. The summed E-state index contributed by atoms with van der Waals surface area (Å²) in [7, 11) is -2.89. The Bertz CT molecular complexity index is 668. The molecule has 24 heavy (non-hydrogen) atoms. The van der Waals surface area contributed by atoms with Gasteiger partial charge in [-0.3, -0.25) is 4.79 Å². The standard InChI is InChI=1S/C14H21NO6S3/c1-9(2)21-13(16)10(5-7-22-4)15-24(18,19)11-6-8-23-12(11)14(17)20-3/h6,8-10,15H,5,7H2,1-4H3. The second-order valence-electron chi connectivity index (χ2n) is 5.05. The maximum absolute atomic E-state index is 12.6. The Morgan fingerprint density at radius 1 is 1.38 bits per heavy atom. The molecule has 0 bridgehead atoms. The first kappa shape index (κ1) is 20.9. The van der Waals surface area contributed by atoms with E-state index in [1.165, 1.54) is 30.3 Å². The van der Waals surface area contributed by atoms with Gasteiger partial charge in [0, 0.05) is 0 Å². The van der Waals surface area contributed by atoms with E-state index in [4.69, 9.17) is 4.74 Å². The summed E-state index contributed by atoms with van der Waals surface area (Å²) in [5.41, 5.74) is 0. The Hall–Kier alpha value is -1.10. The van der Waals surface area contributed by atoms with Crippen LogP contribution in [0.15, 0.2) is 16.3 Å². The molecule has 1 heterocycles. The number of carbonyl (C=O) groups excluding carboxylic acids is 2. The van der Waals surface area contributed by atoms with Crippen molar-refractivity contribution in [1.29, 1.82) is 0 Å². The summed E-state index contributed by atoms with van der Waals surface area (Å²) in [6, 6.07) is 0.286. The monoisotopic (exact) mass is 395 g/mol. The lowest BCUT2D eigenvalue weighted by Gasteiger charge is -2.19. The van der Waals surface area contributed by atoms with Crippen molar-refractivity contribution in [2.45, 2.75) is 37.3 Å². The lowest BCUT2D eigenvalue weighted by atomic mass is 10.2. The van der Waals surface area contributed by atoms with Crippen LogP contribution < -0.4 is 4.72 Å². The average Bonchev–Trinajstić information content (AvgIpc) is 3.00. The van der Waals surface area contributed by atoms with Gasteiger partial charge in [-0.2, -0.15) is 16.5 Å². The molecule has 1 aromatic heterocycles. The molecule has 1 aromatic rings. The van der Waals surface area contributed by atoms with Gasteiger partial charge < -0.3 is 9.47 Å². The number of nitrogens with one attached hydrogen (secondary N) is 1. The molecule has 0 aliphatic carbocycles. The van der Waals surface area contributed by atoms with E-state index in [0.29, 0.717) is 5.75 Å². The van der Waals surface area contributed by atoms with Gasteiger partial charge in [0.1, 0.15) is 15.8 Å². The largest absolute Gasteiger partial charge is 0.465 e. The number of hydrogen-bond acceptors (Lipinski definition) is 8. The summed E-state index contributed by atoms with van der Waals surface area (Å²) in [6.45, 7) is 3.37. The van der Waals surface area contributed by atoms with E-state index in [2.05, 4.69) is 9.46 Å². The molecule has 1 atom stereocenters. The van der Waals surface area contributed by atoms with Gasteiger partial charge in [0.05, 0.1) is 13.2 Å². The van der Waals surface area contributed by atoms with Crippen molar-refractivity contribution in [3.8, 4) is 0 Å². The van der Waals surface area contributed by atoms with E-state index < -0.39 is 28.0 Å². The Kier molecular flexibility index (Phi) is 8.20. The van der Waals surface area contributed by atoms with Crippen LogP contribution in [0.3, 0.4) is 0 Å². The summed E-state index contributed by atoms with van der Waals surface area (Å²) in [4.78, 5) is 23.6. The van der Waals surface area contributed by atoms with Crippen LogP contribution in [-0.2, 0) is 24.3 Å². The minimum absolute atomic E-state index is 0.0363. The van der Waals surface area contributed by atoms with Crippen LogP contribution in [0.2, 0.25) is 0 Å². The number of carbonyl (C=O) groups is 2. The fraction of sp³-hybridized carbons (Fsp3) is 0.571. The second kappa shape index (κ2) is 9.40. The van der Waals surface area contributed by atoms with Crippen LogP contribution in [0.1, 0.15) is 29.9 Å². The highest BCUT2D eigenvalue weighted by Crippen LogP contribution is 2.23. The number of esters is 2. The molecule has 0 aliphatic rings. The fourth-order valence-electron chi connectivity index (χ4n) is 1.78. The van der Waals surface area contributed by atoms with Crippen molar-refractivity contribution >= 4 is 45.1 Å². The number of methoxy groups -OCH3 is 1. The zero-order valence-electron chi connectivity index (χ0n) is 13.9. The van der Waals surface area contributed by atoms with Crippen LogP contribution in [0.4, 0.5) is 0 Å². The molecule has 0 aromatic carbocycles. The molecule has 0 amide bonds. The molecule has 1 N–H and O–H groups in total. The Morgan fingerprint density at radius 3 is 2.58 bits per heavy atom. The molecular weight excluding hydrogens is 374 g/mol. The van der Waals surface area contributed by atoms with E-state index >= 15 is 0 Å². The molecule has 0 radical (unpaired) electrons. The minimum Gasteiger partial charge on any atom is -0.465 e. The Balaban J connectivity index is 3.05. The topological polar surface area (TPSA) is 98.8 Å². The number of ether oxygens (including phenoxy) is 2. The Morgan fingerprint density at radius 2 is 2.04 bits per heavy atom. The smallest absolute Gasteiger partial charge is 0.349 e. The van der Waals surface area contributed by atoms with Crippen molar-refractivity contribution in [3.63, 3.8) is 0 Å². The second-order valence-corrected chi connectivity index (χ2v) is 8.63. The lowest BCUT2D eigenvalue weighted by Crippen LogP contribution is -2.43. The molecular formula is C14H21NO6S3. The third-order valence-corrected chi connectivity index (χ3v) is 6.02. The average molecular weight is 396 g/mol. The molecule has 1 unspecified atom stereocenters. The lowest BCUT2D eigenvalue weighted by molar-refractivity contribution is -0.149. The number of thiophene rings is 1. The van der Waals surface area contributed by atoms with Gasteiger partial charge in [0.15, 0.2) is 0 Å². The highest BCUT2D eigenvalue weighted by molar-refractivity contribution is 7.98. The Labute approximate surface area is 150 Å². The normalized spacial score (nSPS) is 12.9. The summed E-state index contributed by atoms with van der Waals surface area (Å²) in [6.07, 6.45) is 1.78. The summed E-state index contributed by atoms with van der Waals surface area (Å²) in [5.74, 6) is -0.804. The molecule has 0 aliphatic heterocycles. The van der Waals surface area contributed by atoms with Crippen LogP contribution in [0, 0.1) is 0 Å². The van der Waals surface area contributed by atoms with Crippen molar-refractivity contribution in [2.24, 2.45) is 0 Å². The van der Waals surface area contributed by atoms with Crippen LogP contribution in [0.25, 0.3) is 0 Å². The third kappa shape index (κ3) is 5.76. The molecule has 0 spiro atoms. The van der Waals surface area contributed by atoms with Gasteiger partial charge >= 0.3 is 11.9 Å². The van der Waals surface area contributed by atoms with Crippen molar-refractivity contribution in [2.75, 3.05) is 19.1 Å². The van der Waals surface area contributed by atoms with Gasteiger partial charge in [-0.1, -0.05) is 0 Å². The first-order valence-electron chi connectivity index (χ1n) is 7.10. The van der Waals surface area contributed by atoms with E-state index in [9.17, 15) is 18.0 Å². The number of hydrogen-bond donors (Lipinski definition) is 1. The number of sulfonamides is 1. The van der Waals surface area contributed by atoms with E-state index in [0.717, 1.165) is 11.3 Å². The fourth-order valence-corrected chi connectivity index (χ4v) is 4.80. The predicted octanol–water partition coefficient (Wildman–Crippen LogP) is 1.89. The van der Waals surface area contributed by atoms with Crippen LogP contribution in [0.5, 0.6) is 0 Å². The molecule has 136 valence electrons. The maximum Gasteiger partial charge on any atom is 0.349 e. The van der Waals surface area contributed by atoms with Crippen molar-refractivity contribution < 1.29 is 27.5 Å². The van der Waals surface area contributed by atoms with Gasteiger partial charge in [0.2, 0.25) is 10.0 Å². The number of rotatable bonds is 9. The zero-order valence-corrected chi connectivity index (χ0v) is 16.3. The van der Waals surface area contributed by atoms with Crippen LogP contribution >= 0.6 is 23.1 Å². The summed E-state index contributed by atoms with van der Waals surface area (Å²) in [5, 5.41) is 1.48. The van der Waals surface area contributed by atoms with Gasteiger partial charge in [-0.25, -0.2) is 13.2 Å². The van der Waals surface area contributed by atoms with E-state index in [1.54, 1.807) is 13.8 Å². The molecule has 7 nitrogen and oxygen atoms in total. The zero-order chi connectivity index (χ0) is 18.3. The van der Waals surface area contributed by atoms with E-state index in [1.807, 2.05) is 6.26 Å².